The molecule has 2 aliphatic rings. The minimum atomic E-state index is 0.578. The first-order valence-electron chi connectivity index (χ1n) is 7.49. The fraction of sp³-hybridized carbons (Fsp3) is 0.412. The van der Waals surface area contributed by atoms with Gasteiger partial charge in [-0.25, -0.2) is 0 Å². The molecule has 0 saturated carbocycles. The fourth-order valence-corrected chi connectivity index (χ4v) is 4.44. The lowest BCUT2D eigenvalue weighted by Gasteiger charge is -2.35. The molecule has 0 spiro atoms. The Bertz CT molecular complexity index is 605. The van der Waals surface area contributed by atoms with Crippen LogP contribution in [0.15, 0.2) is 35.7 Å². The third kappa shape index (κ3) is 2.20. The maximum absolute atomic E-state index is 3.56. The second kappa shape index (κ2) is 5.32. The molecule has 0 radical (unpaired) electrons. The van der Waals surface area contributed by atoms with Gasteiger partial charge in [-0.05, 0) is 47.5 Å². The molecular weight excluding hydrogens is 264 g/mol. The molecule has 0 bridgehead atoms. The molecule has 104 valence electrons. The first-order chi connectivity index (χ1) is 9.92. The van der Waals surface area contributed by atoms with Gasteiger partial charge >= 0.3 is 0 Å². The predicted molar refractivity (Wildman–Crippen MR) is 83.9 cm³/mol. The molecule has 4 rings (SSSR count). The van der Waals surface area contributed by atoms with Gasteiger partial charge in [0.15, 0.2) is 0 Å². The summed E-state index contributed by atoms with van der Waals surface area (Å²) in [6.07, 6.45) is 2.44. The molecule has 1 aromatic carbocycles. The molecule has 2 nitrogen and oxygen atoms in total. The van der Waals surface area contributed by atoms with Crippen LogP contribution in [0.2, 0.25) is 0 Å². The molecule has 1 atom stereocenters. The van der Waals surface area contributed by atoms with Gasteiger partial charge < -0.3 is 5.32 Å². The molecule has 3 heterocycles. The predicted octanol–water partition coefficient (Wildman–Crippen LogP) is 3.34. The molecule has 0 amide bonds. The van der Waals surface area contributed by atoms with Crippen molar-refractivity contribution in [1.29, 1.82) is 0 Å². The summed E-state index contributed by atoms with van der Waals surface area (Å²) in [6.45, 7) is 4.46. The van der Waals surface area contributed by atoms with Crippen molar-refractivity contribution in [2.45, 2.75) is 32.0 Å². The van der Waals surface area contributed by atoms with Crippen molar-refractivity contribution in [2.24, 2.45) is 0 Å². The lowest BCUT2D eigenvalue weighted by Crippen LogP contribution is -2.34. The van der Waals surface area contributed by atoms with Crippen LogP contribution >= 0.6 is 11.3 Å². The van der Waals surface area contributed by atoms with Crippen molar-refractivity contribution >= 4 is 11.3 Å². The van der Waals surface area contributed by atoms with Gasteiger partial charge in [0.2, 0.25) is 0 Å². The molecule has 3 heteroatoms. The molecule has 0 aliphatic carbocycles. The van der Waals surface area contributed by atoms with Crippen molar-refractivity contribution in [3.8, 4) is 0 Å². The van der Waals surface area contributed by atoms with Crippen molar-refractivity contribution < 1.29 is 0 Å². The minimum Gasteiger partial charge on any atom is -0.313 e. The maximum Gasteiger partial charge on any atom is 0.0367 e. The summed E-state index contributed by atoms with van der Waals surface area (Å²) in [7, 11) is 0. The highest BCUT2D eigenvalue weighted by Crippen LogP contribution is 2.34. The third-order valence-corrected chi connectivity index (χ3v) is 5.63. The van der Waals surface area contributed by atoms with Gasteiger partial charge in [0, 0.05) is 30.6 Å². The van der Waals surface area contributed by atoms with Gasteiger partial charge in [0.25, 0.3) is 0 Å². The van der Waals surface area contributed by atoms with Crippen LogP contribution in [0, 0.1) is 0 Å². The Morgan fingerprint density at radius 3 is 3.10 bits per heavy atom. The molecule has 1 aromatic heterocycles. The van der Waals surface area contributed by atoms with Gasteiger partial charge in [0.1, 0.15) is 0 Å². The Labute approximate surface area is 124 Å². The van der Waals surface area contributed by atoms with Crippen LogP contribution in [0.5, 0.6) is 0 Å². The monoisotopic (exact) mass is 284 g/mol. The zero-order valence-electron chi connectivity index (χ0n) is 11.6. The molecular formula is C17H20N2S. The van der Waals surface area contributed by atoms with Crippen LogP contribution in [-0.2, 0) is 19.5 Å². The lowest BCUT2D eigenvalue weighted by molar-refractivity contribution is 0.173. The van der Waals surface area contributed by atoms with Crippen molar-refractivity contribution in [3.63, 3.8) is 0 Å². The minimum absolute atomic E-state index is 0.578. The van der Waals surface area contributed by atoms with Gasteiger partial charge in [-0.3, -0.25) is 4.90 Å². The molecule has 0 fully saturated rings. The molecule has 2 aromatic rings. The standard InChI is InChI=1S/C17H20N2S/c1-2-4-15-13(3-1)11-18-8-5-16(15)19-9-6-17-14(12-19)7-10-20-17/h1-4,7,10,16,18H,5-6,8-9,11-12H2. The summed E-state index contributed by atoms with van der Waals surface area (Å²) in [5.41, 5.74) is 4.57. The first-order valence-corrected chi connectivity index (χ1v) is 8.37. The highest BCUT2D eigenvalue weighted by atomic mass is 32.1. The number of thiophene rings is 1. The topological polar surface area (TPSA) is 15.3 Å². The van der Waals surface area contributed by atoms with Crippen molar-refractivity contribution in [3.05, 3.63) is 57.3 Å². The summed E-state index contributed by atoms with van der Waals surface area (Å²) >= 11 is 1.92. The second-order valence-corrected chi connectivity index (χ2v) is 6.77. The van der Waals surface area contributed by atoms with Crippen LogP contribution < -0.4 is 5.32 Å². The van der Waals surface area contributed by atoms with Gasteiger partial charge in [-0.2, -0.15) is 0 Å². The van der Waals surface area contributed by atoms with E-state index in [0.717, 1.165) is 19.6 Å². The average Bonchev–Trinajstić information content (AvgIpc) is 2.85. The smallest absolute Gasteiger partial charge is 0.0367 e. The molecule has 0 saturated heterocycles. The summed E-state index contributed by atoms with van der Waals surface area (Å²) in [5.74, 6) is 0. The highest BCUT2D eigenvalue weighted by molar-refractivity contribution is 7.10. The highest BCUT2D eigenvalue weighted by Gasteiger charge is 2.27. The normalized spacial score (nSPS) is 22.9. The van der Waals surface area contributed by atoms with Crippen LogP contribution in [0.3, 0.4) is 0 Å². The van der Waals surface area contributed by atoms with Crippen LogP contribution in [0.4, 0.5) is 0 Å². The van der Waals surface area contributed by atoms with E-state index >= 15 is 0 Å². The number of fused-ring (bicyclic) bond motifs is 2. The maximum atomic E-state index is 3.56. The second-order valence-electron chi connectivity index (χ2n) is 5.77. The van der Waals surface area contributed by atoms with E-state index in [1.807, 2.05) is 11.3 Å². The Kier molecular flexibility index (Phi) is 3.34. The quantitative estimate of drug-likeness (QED) is 0.864. The summed E-state index contributed by atoms with van der Waals surface area (Å²) in [4.78, 5) is 4.28. The Balaban J connectivity index is 1.65. The van der Waals surface area contributed by atoms with E-state index in [-0.39, 0.29) is 0 Å². The molecule has 20 heavy (non-hydrogen) atoms. The number of nitrogens with one attached hydrogen (secondary N) is 1. The number of hydrogen-bond acceptors (Lipinski definition) is 3. The largest absolute Gasteiger partial charge is 0.313 e. The zero-order chi connectivity index (χ0) is 13.4. The van der Waals surface area contributed by atoms with E-state index in [9.17, 15) is 0 Å². The van der Waals surface area contributed by atoms with Crippen LogP contribution in [-0.4, -0.2) is 18.0 Å². The average molecular weight is 284 g/mol. The van der Waals surface area contributed by atoms with E-state index in [1.54, 1.807) is 10.4 Å². The molecule has 1 unspecified atom stereocenters. The van der Waals surface area contributed by atoms with Gasteiger partial charge in [0.05, 0.1) is 0 Å². The SMILES string of the molecule is c1ccc2c(c1)CNCCC2N1CCc2sccc2C1. The van der Waals surface area contributed by atoms with Crippen LogP contribution in [0.1, 0.15) is 34.0 Å². The number of nitrogens with zero attached hydrogens (tertiary/aromatic N) is 1. The summed E-state index contributed by atoms with van der Waals surface area (Å²) in [6, 6.07) is 11.9. The van der Waals surface area contributed by atoms with Crippen LogP contribution in [0.25, 0.3) is 0 Å². The van der Waals surface area contributed by atoms with Crippen molar-refractivity contribution in [1.82, 2.24) is 10.2 Å². The van der Waals surface area contributed by atoms with E-state index in [1.165, 1.54) is 30.5 Å². The first kappa shape index (κ1) is 12.6. The fourth-order valence-electron chi connectivity index (χ4n) is 3.55. The Morgan fingerprint density at radius 2 is 2.10 bits per heavy atom. The Hall–Kier alpha value is -1.16. The summed E-state index contributed by atoms with van der Waals surface area (Å²) < 4.78 is 0. The summed E-state index contributed by atoms with van der Waals surface area (Å²) in [5, 5.41) is 5.81. The van der Waals surface area contributed by atoms with E-state index in [0.29, 0.717) is 6.04 Å². The number of benzene rings is 1. The van der Waals surface area contributed by atoms with E-state index in [4.69, 9.17) is 0 Å². The molecule has 1 N–H and O–H groups in total. The van der Waals surface area contributed by atoms with Gasteiger partial charge in [-0.15, -0.1) is 11.3 Å². The molecule has 2 aliphatic heterocycles. The lowest BCUT2D eigenvalue weighted by atomic mass is 9.96. The Morgan fingerprint density at radius 1 is 1.15 bits per heavy atom. The number of rotatable bonds is 1. The van der Waals surface area contributed by atoms with Crippen molar-refractivity contribution in [2.75, 3.05) is 13.1 Å². The zero-order valence-corrected chi connectivity index (χ0v) is 12.5. The third-order valence-electron chi connectivity index (χ3n) is 4.60. The van der Waals surface area contributed by atoms with E-state index < -0.39 is 0 Å². The van der Waals surface area contributed by atoms with E-state index in [2.05, 4.69) is 45.9 Å². The number of hydrogen-bond donors (Lipinski definition) is 1. The van der Waals surface area contributed by atoms with Gasteiger partial charge in [-0.1, -0.05) is 24.3 Å².